The molecule has 0 atom stereocenters. The molecule has 0 aliphatic rings. The van der Waals surface area contributed by atoms with Crippen molar-refractivity contribution in [3.63, 3.8) is 0 Å². The lowest BCUT2D eigenvalue weighted by atomic mass is 10.0. The Morgan fingerprint density at radius 3 is 2.45 bits per heavy atom. The fraction of sp³-hybridized carbons (Fsp3) is 0.0500. The molecule has 1 N–H and O–H groups in total. The summed E-state index contributed by atoms with van der Waals surface area (Å²) < 4.78 is 0. The molecule has 0 saturated heterocycles. The highest BCUT2D eigenvalue weighted by molar-refractivity contribution is 5.85. The largest absolute Gasteiger partial charge is 0.342 e. The summed E-state index contributed by atoms with van der Waals surface area (Å²) in [4.78, 5) is 7.97. The lowest BCUT2D eigenvalue weighted by molar-refractivity contribution is 1.04. The van der Waals surface area contributed by atoms with Crippen LogP contribution < -0.4 is 0 Å². The van der Waals surface area contributed by atoms with E-state index in [4.69, 9.17) is 0 Å². The van der Waals surface area contributed by atoms with Crippen LogP contribution in [0, 0.1) is 0 Å². The van der Waals surface area contributed by atoms with Crippen LogP contribution in [0.5, 0.6) is 0 Å². The third-order valence-electron chi connectivity index (χ3n) is 3.95. The van der Waals surface area contributed by atoms with Gasteiger partial charge in [0.25, 0.3) is 0 Å². The topological polar surface area (TPSA) is 28.7 Å². The molecule has 22 heavy (non-hydrogen) atoms. The van der Waals surface area contributed by atoms with Gasteiger partial charge in [-0.1, -0.05) is 72.8 Å². The number of benzene rings is 3. The maximum atomic E-state index is 4.54. The molecule has 1 heterocycles. The second-order valence-electron chi connectivity index (χ2n) is 5.42. The molecule has 2 heteroatoms. The molecule has 0 amide bonds. The third kappa shape index (κ3) is 2.40. The van der Waals surface area contributed by atoms with Crippen LogP contribution in [-0.2, 0) is 6.42 Å². The Morgan fingerprint density at radius 1 is 0.773 bits per heavy atom. The quantitative estimate of drug-likeness (QED) is 0.574. The number of hydrogen-bond acceptors (Lipinski definition) is 1. The first-order valence-electron chi connectivity index (χ1n) is 7.46. The van der Waals surface area contributed by atoms with Crippen LogP contribution in [0.15, 0.2) is 79.0 Å². The summed E-state index contributed by atoms with van der Waals surface area (Å²) in [6, 6.07) is 25.2. The van der Waals surface area contributed by atoms with Gasteiger partial charge in [0.2, 0.25) is 0 Å². The minimum absolute atomic E-state index is 0.814. The van der Waals surface area contributed by atoms with E-state index in [1.54, 1.807) is 0 Å². The van der Waals surface area contributed by atoms with Crippen LogP contribution in [0.25, 0.3) is 22.0 Å². The lowest BCUT2D eigenvalue weighted by Gasteiger charge is -2.04. The van der Waals surface area contributed by atoms with E-state index >= 15 is 0 Å². The highest BCUT2D eigenvalue weighted by Gasteiger charge is 2.06. The molecule has 2 nitrogen and oxygen atoms in total. The van der Waals surface area contributed by atoms with E-state index < -0.39 is 0 Å². The number of rotatable bonds is 3. The second-order valence-corrected chi connectivity index (χ2v) is 5.42. The Labute approximate surface area is 129 Å². The van der Waals surface area contributed by atoms with Gasteiger partial charge in [-0.15, -0.1) is 0 Å². The van der Waals surface area contributed by atoms with Crippen molar-refractivity contribution in [2.45, 2.75) is 6.42 Å². The maximum Gasteiger partial charge on any atom is 0.110 e. The van der Waals surface area contributed by atoms with Gasteiger partial charge in [0.05, 0.1) is 11.9 Å². The van der Waals surface area contributed by atoms with Crippen LogP contribution >= 0.6 is 0 Å². The fourth-order valence-corrected chi connectivity index (χ4v) is 2.84. The van der Waals surface area contributed by atoms with Crippen molar-refractivity contribution in [1.29, 1.82) is 0 Å². The number of fused-ring (bicyclic) bond motifs is 1. The molecule has 0 radical (unpaired) electrons. The number of aromatic amines is 1. The summed E-state index contributed by atoms with van der Waals surface area (Å²) in [6.45, 7) is 0. The van der Waals surface area contributed by atoms with Crippen LogP contribution in [0.2, 0.25) is 0 Å². The van der Waals surface area contributed by atoms with Crippen LogP contribution in [0.1, 0.15) is 11.4 Å². The molecule has 0 spiro atoms. The molecule has 0 fully saturated rings. The summed E-state index contributed by atoms with van der Waals surface area (Å²) in [6.07, 6.45) is 2.73. The molecule has 0 saturated carbocycles. The number of hydrogen-bond donors (Lipinski definition) is 1. The molecule has 1 aromatic heterocycles. The van der Waals surface area contributed by atoms with Crippen LogP contribution in [0.3, 0.4) is 0 Å². The first kappa shape index (κ1) is 12.8. The minimum Gasteiger partial charge on any atom is -0.342 e. The van der Waals surface area contributed by atoms with Crippen molar-refractivity contribution in [2.24, 2.45) is 0 Å². The van der Waals surface area contributed by atoms with E-state index in [-0.39, 0.29) is 0 Å². The minimum atomic E-state index is 0.814. The van der Waals surface area contributed by atoms with Crippen molar-refractivity contribution in [3.05, 3.63) is 90.4 Å². The van der Waals surface area contributed by atoms with Crippen molar-refractivity contribution in [2.75, 3.05) is 0 Å². The fourth-order valence-electron chi connectivity index (χ4n) is 2.84. The summed E-state index contributed by atoms with van der Waals surface area (Å²) >= 11 is 0. The molecule has 0 unspecified atom stereocenters. The monoisotopic (exact) mass is 284 g/mol. The van der Waals surface area contributed by atoms with Gasteiger partial charge in [-0.3, -0.25) is 0 Å². The average molecular weight is 284 g/mol. The Balaban J connectivity index is 1.68. The predicted octanol–water partition coefficient (Wildman–Crippen LogP) is 4.82. The van der Waals surface area contributed by atoms with Crippen LogP contribution in [0.4, 0.5) is 0 Å². The van der Waals surface area contributed by atoms with Gasteiger partial charge >= 0.3 is 0 Å². The molecule has 106 valence electrons. The standard InChI is InChI=1S/C20H16N2/c1-2-8-16(9-3-1)19-14-21-20(22-19)13-17-11-6-10-15-7-4-5-12-18(15)17/h1-12,14H,13H2,(H,21,22). The normalized spacial score (nSPS) is 10.9. The SMILES string of the molecule is c1ccc(-c2cnc(Cc3cccc4ccccc34)[nH]2)cc1. The molecular formula is C20H16N2. The Hall–Kier alpha value is -2.87. The van der Waals surface area contributed by atoms with E-state index in [2.05, 4.69) is 64.6 Å². The number of aromatic nitrogens is 2. The zero-order chi connectivity index (χ0) is 14.8. The Morgan fingerprint density at radius 2 is 1.55 bits per heavy atom. The van der Waals surface area contributed by atoms with E-state index in [9.17, 15) is 0 Å². The highest BCUT2D eigenvalue weighted by Crippen LogP contribution is 2.22. The van der Waals surface area contributed by atoms with Gasteiger partial charge in [-0.2, -0.15) is 0 Å². The Kier molecular flexibility index (Phi) is 3.20. The second kappa shape index (κ2) is 5.49. The molecule has 0 aliphatic heterocycles. The molecule has 0 aliphatic carbocycles. The van der Waals surface area contributed by atoms with E-state index in [1.165, 1.54) is 21.9 Å². The number of nitrogens with zero attached hydrogens (tertiary/aromatic N) is 1. The van der Waals surface area contributed by atoms with Gasteiger partial charge in [-0.05, 0) is 21.9 Å². The highest BCUT2D eigenvalue weighted by atomic mass is 14.9. The molecule has 4 aromatic rings. The maximum absolute atomic E-state index is 4.54. The number of imidazole rings is 1. The smallest absolute Gasteiger partial charge is 0.110 e. The first-order valence-corrected chi connectivity index (χ1v) is 7.46. The zero-order valence-corrected chi connectivity index (χ0v) is 12.2. The summed E-state index contributed by atoms with van der Waals surface area (Å²) in [5.74, 6) is 0.996. The van der Waals surface area contributed by atoms with Gasteiger partial charge < -0.3 is 4.98 Å². The summed E-state index contributed by atoms with van der Waals surface area (Å²) in [7, 11) is 0. The van der Waals surface area contributed by atoms with Gasteiger partial charge in [-0.25, -0.2) is 4.98 Å². The van der Waals surface area contributed by atoms with Crippen molar-refractivity contribution in [1.82, 2.24) is 9.97 Å². The van der Waals surface area contributed by atoms with Crippen LogP contribution in [-0.4, -0.2) is 9.97 Å². The van der Waals surface area contributed by atoms with Crippen molar-refractivity contribution < 1.29 is 0 Å². The third-order valence-corrected chi connectivity index (χ3v) is 3.95. The molecule has 3 aromatic carbocycles. The Bertz CT molecular complexity index is 902. The van der Waals surface area contributed by atoms with Crippen molar-refractivity contribution in [3.8, 4) is 11.3 Å². The van der Waals surface area contributed by atoms with E-state index in [0.717, 1.165) is 17.9 Å². The van der Waals surface area contributed by atoms with Crippen molar-refractivity contribution >= 4 is 10.8 Å². The zero-order valence-electron chi connectivity index (χ0n) is 12.2. The van der Waals surface area contributed by atoms with Gasteiger partial charge in [0.15, 0.2) is 0 Å². The summed E-state index contributed by atoms with van der Waals surface area (Å²) in [5, 5.41) is 2.57. The number of H-pyrrole nitrogens is 1. The molecule has 0 bridgehead atoms. The number of nitrogens with one attached hydrogen (secondary N) is 1. The summed E-state index contributed by atoms with van der Waals surface area (Å²) in [5.41, 5.74) is 3.53. The molecular weight excluding hydrogens is 268 g/mol. The first-order chi connectivity index (χ1) is 10.9. The van der Waals surface area contributed by atoms with E-state index in [0.29, 0.717) is 0 Å². The predicted molar refractivity (Wildman–Crippen MR) is 90.8 cm³/mol. The van der Waals surface area contributed by atoms with Gasteiger partial charge in [0, 0.05) is 6.42 Å². The van der Waals surface area contributed by atoms with Gasteiger partial charge in [0.1, 0.15) is 5.82 Å². The van der Waals surface area contributed by atoms with E-state index in [1.807, 2.05) is 24.4 Å². The lowest BCUT2D eigenvalue weighted by Crippen LogP contribution is -1.92. The molecule has 4 rings (SSSR count). The average Bonchev–Trinajstić information content (AvgIpc) is 3.05.